The van der Waals surface area contributed by atoms with Crippen LogP contribution < -0.4 is 4.74 Å². The highest BCUT2D eigenvalue weighted by molar-refractivity contribution is 5.85. The molecular weight excluding hydrogens is 284 g/mol. The van der Waals surface area contributed by atoms with Gasteiger partial charge in [0.2, 0.25) is 0 Å². The number of phenolic OH excluding ortho intramolecular Hbond substituents is 1. The van der Waals surface area contributed by atoms with Gasteiger partial charge in [0.1, 0.15) is 17.1 Å². The summed E-state index contributed by atoms with van der Waals surface area (Å²) in [5, 5.41) is 9.53. The fourth-order valence-corrected chi connectivity index (χ4v) is 3.14. The summed E-state index contributed by atoms with van der Waals surface area (Å²) in [6.45, 7) is 8.40. The third-order valence-corrected chi connectivity index (χ3v) is 4.12. The van der Waals surface area contributed by atoms with E-state index in [4.69, 9.17) is 4.74 Å². The van der Waals surface area contributed by atoms with Crippen LogP contribution in [0.25, 0.3) is 5.57 Å². The van der Waals surface area contributed by atoms with Gasteiger partial charge in [-0.2, -0.15) is 0 Å². The normalized spacial score (nSPS) is 14.6. The predicted molar refractivity (Wildman–Crippen MR) is 94.9 cm³/mol. The second-order valence-corrected chi connectivity index (χ2v) is 7.24. The number of benzene rings is 2. The van der Waals surface area contributed by atoms with Gasteiger partial charge in [0, 0.05) is 0 Å². The molecule has 0 amide bonds. The number of ether oxygens (including phenoxy) is 1. The monoisotopic (exact) mass is 308 g/mol. The molecular formula is C21H24O2. The van der Waals surface area contributed by atoms with E-state index >= 15 is 0 Å². The highest BCUT2D eigenvalue weighted by atomic mass is 16.5. The van der Waals surface area contributed by atoms with Crippen molar-refractivity contribution in [1.29, 1.82) is 0 Å². The second-order valence-electron chi connectivity index (χ2n) is 7.24. The summed E-state index contributed by atoms with van der Waals surface area (Å²) in [6.07, 6.45) is 2.10. The van der Waals surface area contributed by atoms with Gasteiger partial charge in [-0.1, -0.05) is 23.8 Å². The molecule has 0 aliphatic heterocycles. The molecule has 1 aliphatic carbocycles. The lowest BCUT2D eigenvalue weighted by Gasteiger charge is -2.25. The average Bonchev–Trinajstić information content (AvgIpc) is 2.47. The molecule has 0 saturated heterocycles. The summed E-state index contributed by atoms with van der Waals surface area (Å²) >= 11 is 0. The van der Waals surface area contributed by atoms with Crippen molar-refractivity contribution in [3.8, 4) is 11.5 Å². The number of hydrogen-bond donors (Lipinski definition) is 1. The van der Waals surface area contributed by atoms with E-state index < -0.39 is 0 Å². The third kappa shape index (κ3) is 3.42. The molecule has 0 atom stereocenters. The van der Waals surface area contributed by atoms with E-state index in [0.29, 0.717) is 5.75 Å². The minimum Gasteiger partial charge on any atom is -0.508 e. The molecule has 0 aromatic heterocycles. The summed E-state index contributed by atoms with van der Waals surface area (Å²) in [5.41, 5.74) is 6.27. The molecule has 2 heteroatoms. The average molecular weight is 308 g/mol. The van der Waals surface area contributed by atoms with Crippen LogP contribution in [0.1, 0.15) is 50.8 Å². The number of allylic oxidation sites excluding steroid dienone is 1. The van der Waals surface area contributed by atoms with Gasteiger partial charge >= 0.3 is 0 Å². The maximum Gasteiger partial charge on any atom is 0.120 e. The Morgan fingerprint density at radius 3 is 2.30 bits per heavy atom. The molecule has 120 valence electrons. The largest absolute Gasteiger partial charge is 0.508 e. The van der Waals surface area contributed by atoms with Gasteiger partial charge in [0.15, 0.2) is 0 Å². The first-order valence-corrected chi connectivity index (χ1v) is 8.15. The topological polar surface area (TPSA) is 29.5 Å². The second kappa shape index (κ2) is 5.77. The van der Waals surface area contributed by atoms with Crippen LogP contribution in [0.4, 0.5) is 0 Å². The Morgan fingerprint density at radius 2 is 1.65 bits per heavy atom. The Bertz CT molecular complexity index is 746. The lowest BCUT2D eigenvalue weighted by molar-refractivity contribution is 0.131. The van der Waals surface area contributed by atoms with E-state index in [9.17, 15) is 5.11 Å². The van der Waals surface area contributed by atoms with Crippen molar-refractivity contribution >= 4 is 5.57 Å². The van der Waals surface area contributed by atoms with Crippen molar-refractivity contribution in [1.82, 2.24) is 0 Å². The van der Waals surface area contributed by atoms with Crippen molar-refractivity contribution in [3.63, 3.8) is 0 Å². The predicted octanol–water partition coefficient (Wildman–Crippen LogP) is 5.34. The lowest BCUT2D eigenvalue weighted by Crippen LogP contribution is -2.23. The number of hydrogen-bond acceptors (Lipinski definition) is 2. The molecule has 2 aromatic rings. The minimum atomic E-state index is -0.186. The molecule has 0 spiro atoms. The first-order valence-electron chi connectivity index (χ1n) is 8.15. The molecule has 0 bridgehead atoms. The maximum atomic E-state index is 9.53. The van der Waals surface area contributed by atoms with Crippen molar-refractivity contribution in [2.75, 3.05) is 0 Å². The minimum absolute atomic E-state index is 0.186. The molecule has 2 nitrogen and oxygen atoms in total. The van der Waals surface area contributed by atoms with E-state index in [1.54, 1.807) is 12.1 Å². The molecule has 2 aromatic carbocycles. The van der Waals surface area contributed by atoms with Gasteiger partial charge in [-0.3, -0.25) is 0 Å². The number of phenols is 1. The van der Waals surface area contributed by atoms with Crippen LogP contribution in [-0.4, -0.2) is 10.7 Å². The van der Waals surface area contributed by atoms with Gasteiger partial charge in [-0.05, 0) is 87.1 Å². The third-order valence-electron chi connectivity index (χ3n) is 4.12. The quantitative estimate of drug-likeness (QED) is 0.811. The van der Waals surface area contributed by atoms with E-state index in [-0.39, 0.29) is 5.60 Å². The lowest BCUT2D eigenvalue weighted by atomic mass is 9.82. The Kier molecular flexibility index (Phi) is 3.93. The molecule has 1 aliphatic rings. The Labute approximate surface area is 138 Å². The molecule has 23 heavy (non-hydrogen) atoms. The first kappa shape index (κ1) is 15.7. The SMILES string of the molecule is CC1=C(c2ccc(O)cc2)c2ccc(OC(C)(C)C)cc2CC1. The molecule has 0 fully saturated rings. The fraction of sp³-hybridized carbons (Fsp3) is 0.333. The maximum absolute atomic E-state index is 9.53. The molecule has 0 unspecified atom stereocenters. The Hall–Kier alpha value is -2.22. The highest BCUT2D eigenvalue weighted by Crippen LogP contribution is 2.38. The van der Waals surface area contributed by atoms with Crippen LogP contribution in [-0.2, 0) is 6.42 Å². The van der Waals surface area contributed by atoms with E-state index in [1.165, 1.54) is 22.3 Å². The summed E-state index contributed by atoms with van der Waals surface area (Å²) in [6, 6.07) is 13.9. The molecule has 3 rings (SSSR count). The Balaban J connectivity index is 2.02. The van der Waals surface area contributed by atoms with Crippen LogP contribution in [0.2, 0.25) is 0 Å². The zero-order valence-corrected chi connectivity index (χ0v) is 14.3. The molecule has 0 heterocycles. The standard InChI is InChI=1S/C21H24O2/c1-14-5-6-16-13-18(23-21(2,3)4)11-12-19(16)20(14)15-7-9-17(22)10-8-15/h7-13,22H,5-6H2,1-4H3. The summed E-state index contributed by atoms with van der Waals surface area (Å²) < 4.78 is 6.00. The van der Waals surface area contributed by atoms with Crippen molar-refractivity contribution in [3.05, 3.63) is 64.7 Å². The summed E-state index contributed by atoms with van der Waals surface area (Å²) in [5.74, 6) is 1.23. The highest BCUT2D eigenvalue weighted by Gasteiger charge is 2.20. The first-order chi connectivity index (χ1) is 10.8. The number of aryl methyl sites for hydroxylation is 1. The summed E-state index contributed by atoms with van der Waals surface area (Å²) in [4.78, 5) is 0. The van der Waals surface area contributed by atoms with E-state index in [2.05, 4.69) is 45.9 Å². The van der Waals surface area contributed by atoms with Crippen LogP contribution in [0, 0.1) is 0 Å². The fourth-order valence-electron chi connectivity index (χ4n) is 3.14. The van der Waals surface area contributed by atoms with E-state index in [1.807, 2.05) is 12.1 Å². The van der Waals surface area contributed by atoms with Crippen LogP contribution in [0.3, 0.4) is 0 Å². The van der Waals surface area contributed by atoms with E-state index in [0.717, 1.165) is 24.2 Å². The number of aromatic hydroxyl groups is 1. The van der Waals surface area contributed by atoms with Gasteiger partial charge in [0.25, 0.3) is 0 Å². The smallest absolute Gasteiger partial charge is 0.120 e. The molecule has 1 N–H and O–H groups in total. The van der Waals surface area contributed by atoms with Crippen molar-refractivity contribution in [2.24, 2.45) is 0 Å². The Morgan fingerprint density at radius 1 is 0.957 bits per heavy atom. The van der Waals surface area contributed by atoms with Gasteiger partial charge in [-0.25, -0.2) is 0 Å². The zero-order chi connectivity index (χ0) is 16.6. The summed E-state index contributed by atoms with van der Waals surface area (Å²) in [7, 11) is 0. The van der Waals surface area contributed by atoms with Crippen molar-refractivity contribution < 1.29 is 9.84 Å². The molecule has 0 saturated carbocycles. The van der Waals surface area contributed by atoms with Crippen LogP contribution in [0.15, 0.2) is 48.0 Å². The van der Waals surface area contributed by atoms with Gasteiger partial charge in [-0.15, -0.1) is 0 Å². The molecule has 0 radical (unpaired) electrons. The van der Waals surface area contributed by atoms with Gasteiger partial charge in [0.05, 0.1) is 0 Å². The number of fused-ring (bicyclic) bond motifs is 1. The van der Waals surface area contributed by atoms with Crippen LogP contribution >= 0.6 is 0 Å². The van der Waals surface area contributed by atoms with Gasteiger partial charge < -0.3 is 9.84 Å². The van der Waals surface area contributed by atoms with Crippen LogP contribution in [0.5, 0.6) is 11.5 Å². The number of rotatable bonds is 2. The van der Waals surface area contributed by atoms with Crippen molar-refractivity contribution in [2.45, 2.75) is 46.1 Å². The zero-order valence-electron chi connectivity index (χ0n) is 14.3.